The second-order valence-corrected chi connectivity index (χ2v) is 7.65. The van der Waals surface area contributed by atoms with E-state index in [1.165, 1.54) is 6.92 Å². The maximum absolute atomic E-state index is 13.3. The molecule has 11 heteroatoms. The molecule has 182 valence electrons. The molecule has 35 heavy (non-hydrogen) atoms. The minimum absolute atomic E-state index is 0.0555. The van der Waals surface area contributed by atoms with Crippen LogP contribution in [0.4, 0.5) is 51.9 Å². The average Bonchev–Trinajstić information content (AvgIpc) is 2.80. The van der Waals surface area contributed by atoms with Gasteiger partial charge in [0.15, 0.2) is 11.6 Å². The number of halogens is 4. The average molecular weight is 485 g/mol. The summed E-state index contributed by atoms with van der Waals surface area (Å²) in [5.74, 6) is -1.02. The van der Waals surface area contributed by atoms with Crippen molar-refractivity contribution in [2.24, 2.45) is 10.2 Å². The van der Waals surface area contributed by atoms with Crippen molar-refractivity contribution in [1.82, 2.24) is 4.98 Å². The van der Waals surface area contributed by atoms with Crippen LogP contribution in [0.1, 0.15) is 36.5 Å². The second-order valence-electron chi connectivity index (χ2n) is 7.65. The number of alkyl halides is 3. The SMILES string of the molecule is CCCCNc1ccc(Nc2nc(N)c(/N=N/c3ccc(F)cc3C(F)(F)F)c(C)c2C#N)cc1. The summed E-state index contributed by atoms with van der Waals surface area (Å²) in [6.45, 7) is 4.50. The summed E-state index contributed by atoms with van der Waals surface area (Å²) in [6, 6.07) is 11.4. The lowest BCUT2D eigenvalue weighted by molar-refractivity contribution is -0.137. The third kappa shape index (κ3) is 6.23. The first-order valence-corrected chi connectivity index (χ1v) is 10.7. The molecule has 0 aliphatic carbocycles. The van der Waals surface area contributed by atoms with Gasteiger partial charge in [0, 0.05) is 23.5 Å². The number of nitrogens with one attached hydrogen (secondary N) is 2. The Kier molecular flexibility index (Phi) is 7.86. The molecule has 0 unspecified atom stereocenters. The fourth-order valence-electron chi connectivity index (χ4n) is 3.21. The number of nitrogens with two attached hydrogens (primary N) is 1. The number of nitrogens with zero attached hydrogens (tertiary/aromatic N) is 4. The largest absolute Gasteiger partial charge is 0.418 e. The van der Waals surface area contributed by atoms with Gasteiger partial charge in [-0.1, -0.05) is 13.3 Å². The van der Waals surface area contributed by atoms with Gasteiger partial charge < -0.3 is 16.4 Å². The summed E-state index contributed by atoms with van der Waals surface area (Å²) in [5.41, 5.74) is 6.06. The third-order valence-corrected chi connectivity index (χ3v) is 5.08. The highest BCUT2D eigenvalue weighted by atomic mass is 19.4. The van der Waals surface area contributed by atoms with Crippen LogP contribution in [0.2, 0.25) is 0 Å². The van der Waals surface area contributed by atoms with Crippen molar-refractivity contribution in [1.29, 1.82) is 5.26 Å². The Morgan fingerprint density at radius 3 is 2.40 bits per heavy atom. The van der Waals surface area contributed by atoms with Crippen molar-refractivity contribution < 1.29 is 17.6 Å². The number of unbranched alkanes of at least 4 members (excludes halogenated alkanes) is 1. The maximum atomic E-state index is 13.3. The Hall–Kier alpha value is -4.20. The van der Waals surface area contributed by atoms with Gasteiger partial charge in [0.2, 0.25) is 0 Å². The number of aromatic nitrogens is 1. The molecular weight excluding hydrogens is 462 g/mol. The van der Waals surface area contributed by atoms with Gasteiger partial charge in [-0.3, -0.25) is 0 Å². The molecule has 0 saturated carbocycles. The quantitative estimate of drug-likeness (QED) is 0.175. The predicted octanol–water partition coefficient (Wildman–Crippen LogP) is 7.37. The summed E-state index contributed by atoms with van der Waals surface area (Å²) in [6.07, 6.45) is -2.70. The smallest absolute Gasteiger partial charge is 0.385 e. The van der Waals surface area contributed by atoms with E-state index in [2.05, 4.69) is 32.8 Å². The summed E-state index contributed by atoms with van der Waals surface area (Å²) in [5, 5.41) is 23.4. The van der Waals surface area contributed by atoms with Gasteiger partial charge in [-0.25, -0.2) is 9.37 Å². The molecule has 0 saturated heterocycles. The van der Waals surface area contributed by atoms with Gasteiger partial charge >= 0.3 is 6.18 Å². The standard InChI is InChI=1S/C24H23F4N7/c1-3-4-11-31-16-6-8-17(9-7-16)32-23-18(13-29)14(2)21(22(30)33-23)35-34-20-10-5-15(25)12-19(20)24(26,27)28/h5-10,12,31H,3-4,11H2,1-2H3,(H3,30,32,33)/b35-34+. The van der Waals surface area contributed by atoms with E-state index in [4.69, 9.17) is 5.73 Å². The van der Waals surface area contributed by atoms with E-state index in [-0.39, 0.29) is 28.5 Å². The Bertz CT molecular complexity index is 1260. The molecule has 0 amide bonds. The monoisotopic (exact) mass is 485 g/mol. The highest BCUT2D eigenvalue weighted by molar-refractivity contribution is 5.75. The van der Waals surface area contributed by atoms with Crippen LogP contribution in [0.15, 0.2) is 52.7 Å². The fourth-order valence-corrected chi connectivity index (χ4v) is 3.21. The van der Waals surface area contributed by atoms with Crippen LogP contribution in [0.3, 0.4) is 0 Å². The number of anilines is 4. The number of pyridine rings is 1. The highest BCUT2D eigenvalue weighted by Gasteiger charge is 2.34. The van der Waals surface area contributed by atoms with E-state index in [9.17, 15) is 22.8 Å². The van der Waals surface area contributed by atoms with E-state index >= 15 is 0 Å². The van der Waals surface area contributed by atoms with Crippen LogP contribution < -0.4 is 16.4 Å². The van der Waals surface area contributed by atoms with Gasteiger partial charge in [-0.2, -0.15) is 18.4 Å². The molecule has 2 aromatic carbocycles. The molecule has 0 aliphatic rings. The molecule has 1 aromatic heterocycles. The minimum atomic E-state index is -4.83. The first-order chi connectivity index (χ1) is 16.6. The molecular formula is C24H23F4N7. The topological polar surface area (TPSA) is 111 Å². The lowest BCUT2D eigenvalue weighted by Crippen LogP contribution is -2.05. The molecule has 3 aromatic rings. The molecule has 4 N–H and O–H groups in total. The van der Waals surface area contributed by atoms with Crippen LogP contribution in [-0.4, -0.2) is 11.5 Å². The highest BCUT2D eigenvalue weighted by Crippen LogP contribution is 2.39. The summed E-state index contributed by atoms with van der Waals surface area (Å²) >= 11 is 0. The van der Waals surface area contributed by atoms with Crippen LogP contribution in [0, 0.1) is 24.1 Å². The first kappa shape index (κ1) is 25.4. The third-order valence-electron chi connectivity index (χ3n) is 5.08. The molecule has 1 heterocycles. The molecule has 0 aliphatic heterocycles. The van der Waals surface area contributed by atoms with E-state index in [0.29, 0.717) is 11.8 Å². The minimum Gasteiger partial charge on any atom is -0.385 e. The number of hydrogen-bond acceptors (Lipinski definition) is 7. The number of rotatable bonds is 8. The van der Waals surface area contributed by atoms with Crippen LogP contribution in [0.5, 0.6) is 0 Å². The van der Waals surface area contributed by atoms with Crippen molar-refractivity contribution in [2.75, 3.05) is 22.9 Å². The molecule has 0 spiro atoms. The fraction of sp³-hybridized carbons (Fsp3) is 0.250. The molecule has 7 nitrogen and oxygen atoms in total. The zero-order valence-electron chi connectivity index (χ0n) is 19.0. The second kappa shape index (κ2) is 10.8. The Balaban J connectivity index is 1.89. The van der Waals surface area contributed by atoms with E-state index in [1.807, 2.05) is 30.3 Å². The molecule has 0 bridgehead atoms. The molecule has 3 rings (SSSR count). The van der Waals surface area contributed by atoms with Crippen molar-refractivity contribution in [3.05, 3.63) is 65.0 Å². The molecule has 0 radical (unpaired) electrons. The van der Waals surface area contributed by atoms with Gasteiger partial charge in [0.1, 0.15) is 17.6 Å². The van der Waals surface area contributed by atoms with Crippen molar-refractivity contribution >= 4 is 34.4 Å². The van der Waals surface area contributed by atoms with Crippen LogP contribution >= 0.6 is 0 Å². The normalized spacial score (nSPS) is 11.5. The zero-order valence-corrected chi connectivity index (χ0v) is 19.0. The van der Waals surface area contributed by atoms with Crippen molar-refractivity contribution in [3.8, 4) is 6.07 Å². The number of azo groups is 1. The molecule has 0 fully saturated rings. The summed E-state index contributed by atoms with van der Waals surface area (Å²) < 4.78 is 53.0. The predicted molar refractivity (Wildman–Crippen MR) is 127 cm³/mol. The number of hydrogen-bond donors (Lipinski definition) is 3. The van der Waals surface area contributed by atoms with E-state index in [1.54, 1.807) is 0 Å². The van der Waals surface area contributed by atoms with E-state index in [0.717, 1.165) is 37.2 Å². The van der Waals surface area contributed by atoms with Crippen molar-refractivity contribution in [2.45, 2.75) is 32.9 Å². The maximum Gasteiger partial charge on any atom is 0.418 e. The lowest BCUT2D eigenvalue weighted by Gasteiger charge is -2.13. The summed E-state index contributed by atoms with van der Waals surface area (Å²) in [4.78, 5) is 4.17. The van der Waals surface area contributed by atoms with Gasteiger partial charge in [0.05, 0.1) is 16.8 Å². The Morgan fingerprint density at radius 2 is 1.77 bits per heavy atom. The van der Waals surface area contributed by atoms with E-state index < -0.39 is 23.2 Å². The van der Waals surface area contributed by atoms with Gasteiger partial charge in [-0.15, -0.1) is 10.2 Å². The van der Waals surface area contributed by atoms with Crippen LogP contribution in [-0.2, 0) is 6.18 Å². The summed E-state index contributed by atoms with van der Waals surface area (Å²) in [7, 11) is 0. The van der Waals surface area contributed by atoms with Crippen molar-refractivity contribution in [3.63, 3.8) is 0 Å². The van der Waals surface area contributed by atoms with Gasteiger partial charge in [0.25, 0.3) is 0 Å². The zero-order chi connectivity index (χ0) is 25.6. The van der Waals surface area contributed by atoms with Gasteiger partial charge in [-0.05, 0) is 55.8 Å². The molecule has 0 atom stereocenters. The first-order valence-electron chi connectivity index (χ1n) is 10.7. The Labute approximate surface area is 199 Å². The number of nitrogen functional groups attached to an aromatic ring is 1. The lowest BCUT2D eigenvalue weighted by atomic mass is 10.1. The number of nitriles is 1. The Morgan fingerprint density at radius 1 is 1.09 bits per heavy atom. The van der Waals surface area contributed by atoms with Crippen LogP contribution in [0.25, 0.3) is 0 Å². The number of benzene rings is 2.